The highest BCUT2D eigenvalue weighted by Crippen LogP contribution is 2.24. The first-order valence-electron chi connectivity index (χ1n) is 5.28. The van der Waals surface area contributed by atoms with Gasteiger partial charge in [-0.3, -0.25) is 9.78 Å². The van der Waals surface area contributed by atoms with Gasteiger partial charge in [0.15, 0.2) is 0 Å². The molecule has 0 amide bonds. The second kappa shape index (κ2) is 3.92. The maximum absolute atomic E-state index is 11.6. The normalized spacial score (nSPS) is 10.9. The Bertz CT molecular complexity index is 791. The Morgan fingerprint density at radius 1 is 1.44 bits per heavy atom. The second-order valence-corrected chi connectivity index (χ2v) is 4.84. The summed E-state index contributed by atoms with van der Waals surface area (Å²) >= 11 is 1.56. The van der Waals surface area contributed by atoms with Gasteiger partial charge in [-0.1, -0.05) is 0 Å². The minimum atomic E-state index is -0.344. The van der Waals surface area contributed by atoms with Gasteiger partial charge in [0.05, 0.1) is 15.8 Å². The number of pyridine rings is 1. The van der Waals surface area contributed by atoms with Gasteiger partial charge in [-0.2, -0.15) is 4.98 Å². The molecule has 5 nitrogen and oxygen atoms in total. The largest absolute Gasteiger partial charge is 0.493 e. The molecule has 3 aromatic heterocycles. The molecule has 0 spiro atoms. The highest BCUT2D eigenvalue weighted by atomic mass is 32.1. The summed E-state index contributed by atoms with van der Waals surface area (Å²) < 4.78 is 1.01. The predicted molar refractivity (Wildman–Crippen MR) is 69.9 cm³/mol. The average molecular weight is 259 g/mol. The number of nitrogens with one attached hydrogen (secondary N) is 1. The van der Waals surface area contributed by atoms with Crippen LogP contribution in [0.3, 0.4) is 0 Å². The van der Waals surface area contributed by atoms with Gasteiger partial charge in [0.25, 0.3) is 5.56 Å². The number of rotatable bonds is 1. The molecule has 0 aromatic carbocycles. The fourth-order valence-electron chi connectivity index (χ4n) is 1.63. The fourth-order valence-corrected chi connectivity index (χ4v) is 2.41. The molecule has 3 rings (SSSR count). The number of thiophene rings is 1. The van der Waals surface area contributed by atoms with Crippen LogP contribution in [0.1, 0.15) is 5.56 Å². The van der Waals surface area contributed by atoms with E-state index < -0.39 is 0 Å². The minimum absolute atomic E-state index is 0.212. The summed E-state index contributed by atoms with van der Waals surface area (Å²) in [5.41, 5.74) is 1.45. The molecule has 0 aliphatic carbocycles. The van der Waals surface area contributed by atoms with E-state index >= 15 is 0 Å². The lowest BCUT2D eigenvalue weighted by molar-refractivity contribution is 0.447. The van der Waals surface area contributed by atoms with Crippen molar-refractivity contribution in [2.75, 3.05) is 0 Å². The van der Waals surface area contributed by atoms with E-state index in [0.717, 1.165) is 10.2 Å². The van der Waals surface area contributed by atoms with Gasteiger partial charge >= 0.3 is 0 Å². The highest BCUT2D eigenvalue weighted by molar-refractivity contribution is 7.17. The Morgan fingerprint density at radius 3 is 3.06 bits per heavy atom. The van der Waals surface area contributed by atoms with Crippen LogP contribution in [-0.2, 0) is 0 Å². The molecule has 0 saturated heterocycles. The Labute approximate surface area is 106 Å². The van der Waals surface area contributed by atoms with Crippen molar-refractivity contribution >= 4 is 21.6 Å². The minimum Gasteiger partial charge on any atom is -0.493 e. The quantitative estimate of drug-likeness (QED) is 0.701. The van der Waals surface area contributed by atoms with E-state index in [-0.39, 0.29) is 17.0 Å². The summed E-state index contributed by atoms with van der Waals surface area (Å²) in [7, 11) is 0. The summed E-state index contributed by atoms with van der Waals surface area (Å²) in [6, 6.07) is 3.81. The summed E-state index contributed by atoms with van der Waals surface area (Å²) in [4.78, 5) is 22.4. The molecule has 18 heavy (non-hydrogen) atoms. The number of aromatic hydroxyl groups is 1. The van der Waals surface area contributed by atoms with Gasteiger partial charge in [0.1, 0.15) is 5.82 Å². The average Bonchev–Trinajstić information content (AvgIpc) is 2.82. The van der Waals surface area contributed by atoms with Crippen LogP contribution in [0.4, 0.5) is 0 Å². The van der Waals surface area contributed by atoms with Gasteiger partial charge < -0.3 is 10.1 Å². The zero-order valence-electron chi connectivity index (χ0n) is 9.47. The number of nitrogens with zero attached hydrogens (tertiary/aromatic N) is 2. The van der Waals surface area contributed by atoms with E-state index in [9.17, 15) is 9.90 Å². The lowest BCUT2D eigenvalue weighted by atomic mass is 10.2. The molecule has 2 N–H and O–H groups in total. The van der Waals surface area contributed by atoms with Crippen molar-refractivity contribution in [2.45, 2.75) is 6.92 Å². The number of H-pyrrole nitrogens is 1. The SMILES string of the molecule is Cc1c(O)nc(-c2cnc3ccsc3c2)[nH]c1=O. The van der Waals surface area contributed by atoms with Crippen LogP contribution in [0, 0.1) is 6.92 Å². The van der Waals surface area contributed by atoms with Gasteiger partial charge in [-0.15, -0.1) is 11.3 Å². The van der Waals surface area contributed by atoms with Crippen molar-refractivity contribution in [3.05, 3.63) is 39.6 Å². The van der Waals surface area contributed by atoms with E-state index in [1.807, 2.05) is 17.5 Å². The molecule has 0 fully saturated rings. The second-order valence-electron chi connectivity index (χ2n) is 3.89. The van der Waals surface area contributed by atoms with Crippen LogP contribution in [0.25, 0.3) is 21.6 Å². The van der Waals surface area contributed by atoms with Gasteiger partial charge in [0, 0.05) is 11.8 Å². The molecule has 0 aliphatic heterocycles. The number of fused-ring (bicyclic) bond motifs is 1. The molecule has 0 aliphatic rings. The Kier molecular flexibility index (Phi) is 2.38. The standard InChI is InChI=1S/C12H9N3O2S/c1-6-11(16)14-10(15-12(6)17)7-4-9-8(13-5-7)2-3-18-9/h2-5H,1H3,(H2,14,15,16,17). The monoisotopic (exact) mass is 259 g/mol. The lowest BCUT2D eigenvalue weighted by Gasteiger charge is -2.02. The molecule has 0 saturated carbocycles. The van der Waals surface area contributed by atoms with Crippen molar-refractivity contribution in [1.29, 1.82) is 0 Å². The van der Waals surface area contributed by atoms with Crippen LogP contribution < -0.4 is 5.56 Å². The molecule has 90 valence electrons. The summed E-state index contributed by atoms with van der Waals surface area (Å²) in [6.07, 6.45) is 1.63. The summed E-state index contributed by atoms with van der Waals surface area (Å²) in [6.45, 7) is 1.52. The first-order valence-corrected chi connectivity index (χ1v) is 6.16. The molecule has 6 heteroatoms. The van der Waals surface area contributed by atoms with Crippen LogP contribution >= 0.6 is 11.3 Å². The zero-order valence-corrected chi connectivity index (χ0v) is 10.3. The van der Waals surface area contributed by atoms with Crippen LogP contribution in [-0.4, -0.2) is 20.1 Å². The lowest BCUT2D eigenvalue weighted by Crippen LogP contribution is -2.12. The van der Waals surface area contributed by atoms with Crippen molar-refractivity contribution in [2.24, 2.45) is 0 Å². The topological polar surface area (TPSA) is 78.9 Å². The number of aromatic nitrogens is 3. The van der Waals surface area contributed by atoms with Crippen LogP contribution in [0.15, 0.2) is 28.5 Å². The van der Waals surface area contributed by atoms with E-state index in [2.05, 4.69) is 15.0 Å². The highest BCUT2D eigenvalue weighted by Gasteiger charge is 2.09. The Balaban J connectivity index is 2.22. The molecule has 3 heterocycles. The number of hydrogen-bond donors (Lipinski definition) is 2. The molecule has 3 aromatic rings. The van der Waals surface area contributed by atoms with Gasteiger partial charge in [-0.05, 0) is 24.4 Å². The van der Waals surface area contributed by atoms with E-state index in [1.165, 1.54) is 6.92 Å². The molecule has 0 atom stereocenters. The van der Waals surface area contributed by atoms with E-state index in [0.29, 0.717) is 11.4 Å². The third-order valence-corrected chi connectivity index (χ3v) is 3.55. The van der Waals surface area contributed by atoms with E-state index in [4.69, 9.17) is 0 Å². The van der Waals surface area contributed by atoms with Crippen LogP contribution in [0.5, 0.6) is 5.88 Å². The molecule has 0 bridgehead atoms. The predicted octanol–water partition coefficient (Wildman–Crippen LogP) is 2.06. The smallest absolute Gasteiger partial charge is 0.257 e. The van der Waals surface area contributed by atoms with Crippen LogP contribution in [0.2, 0.25) is 0 Å². The maximum Gasteiger partial charge on any atom is 0.257 e. The van der Waals surface area contributed by atoms with Gasteiger partial charge in [0.2, 0.25) is 5.88 Å². The fraction of sp³-hybridized carbons (Fsp3) is 0.0833. The van der Waals surface area contributed by atoms with Crippen molar-refractivity contribution in [1.82, 2.24) is 15.0 Å². The van der Waals surface area contributed by atoms with E-state index in [1.54, 1.807) is 17.5 Å². The Morgan fingerprint density at radius 2 is 2.28 bits per heavy atom. The maximum atomic E-state index is 11.6. The molecule has 0 unspecified atom stereocenters. The van der Waals surface area contributed by atoms with Crippen molar-refractivity contribution in [3.63, 3.8) is 0 Å². The zero-order chi connectivity index (χ0) is 12.7. The summed E-state index contributed by atoms with van der Waals surface area (Å²) in [5, 5.41) is 11.5. The van der Waals surface area contributed by atoms with Crippen molar-refractivity contribution < 1.29 is 5.11 Å². The molecule has 0 radical (unpaired) electrons. The Hall–Kier alpha value is -2.21. The first kappa shape index (κ1) is 10.9. The van der Waals surface area contributed by atoms with Gasteiger partial charge in [-0.25, -0.2) is 0 Å². The summed E-state index contributed by atoms with van der Waals surface area (Å²) in [5.74, 6) is 0.0749. The number of hydrogen-bond acceptors (Lipinski definition) is 5. The molecular formula is C12H9N3O2S. The van der Waals surface area contributed by atoms with Crippen molar-refractivity contribution in [3.8, 4) is 17.3 Å². The first-order chi connectivity index (χ1) is 8.65. The number of aromatic amines is 1. The third-order valence-electron chi connectivity index (χ3n) is 2.70. The third kappa shape index (κ3) is 1.67. The molecular weight excluding hydrogens is 250 g/mol.